The van der Waals surface area contributed by atoms with Crippen molar-refractivity contribution >= 4 is 11.9 Å². The predicted molar refractivity (Wildman–Crippen MR) is 49.7 cm³/mol. The van der Waals surface area contributed by atoms with Gasteiger partial charge in [0.05, 0.1) is 0 Å². The number of hydrogen-bond donors (Lipinski definition) is 2. The van der Waals surface area contributed by atoms with Crippen LogP contribution in [0.15, 0.2) is 0 Å². The molecule has 0 aromatic carbocycles. The lowest BCUT2D eigenvalue weighted by Crippen LogP contribution is -2.31. The second kappa shape index (κ2) is 7.14. The first-order valence-electron chi connectivity index (χ1n) is 4.71. The van der Waals surface area contributed by atoms with E-state index in [1.807, 2.05) is 6.92 Å². The molecule has 88 valence electrons. The number of aliphatic carboxylic acids is 1. The highest BCUT2D eigenvalue weighted by Gasteiger charge is 2.14. The fourth-order valence-electron chi connectivity index (χ4n) is 1.03. The van der Waals surface area contributed by atoms with Crippen LogP contribution in [0.2, 0.25) is 0 Å². The standard InChI is InChI=1S/C9H15F2NO3/c1-6(2-3-7(13)14)4-5-12-9(15)8(10)11/h6,8H,2-5H2,1H3,(H,12,15)(H,13,14). The van der Waals surface area contributed by atoms with Crippen molar-refractivity contribution in [3.8, 4) is 0 Å². The van der Waals surface area contributed by atoms with E-state index in [4.69, 9.17) is 5.11 Å². The molecule has 0 saturated heterocycles. The normalized spacial score (nSPS) is 12.5. The second-order valence-electron chi connectivity index (χ2n) is 3.42. The summed E-state index contributed by atoms with van der Waals surface area (Å²) < 4.78 is 23.4. The molecule has 0 aromatic rings. The van der Waals surface area contributed by atoms with Crippen LogP contribution in [-0.4, -0.2) is 30.0 Å². The van der Waals surface area contributed by atoms with E-state index in [2.05, 4.69) is 5.32 Å². The van der Waals surface area contributed by atoms with Gasteiger partial charge in [0.2, 0.25) is 0 Å². The van der Waals surface area contributed by atoms with Crippen LogP contribution >= 0.6 is 0 Å². The molecule has 0 saturated carbocycles. The molecule has 0 aromatic heterocycles. The first-order chi connectivity index (χ1) is 6.93. The monoisotopic (exact) mass is 223 g/mol. The molecule has 15 heavy (non-hydrogen) atoms. The molecule has 1 atom stereocenters. The number of alkyl halides is 2. The number of amides is 1. The summed E-state index contributed by atoms with van der Waals surface area (Å²) in [5.74, 6) is -2.06. The van der Waals surface area contributed by atoms with Crippen molar-refractivity contribution in [3.05, 3.63) is 0 Å². The Morgan fingerprint density at radius 2 is 1.93 bits per heavy atom. The first kappa shape index (κ1) is 13.8. The second-order valence-corrected chi connectivity index (χ2v) is 3.42. The van der Waals surface area contributed by atoms with Gasteiger partial charge < -0.3 is 10.4 Å². The topological polar surface area (TPSA) is 66.4 Å². The van der Waals surface area contributed by atoms with Crippen molar-refractivity contribution in [2.45, 2.75) is 32.6 Å². The molecule has 0 spiro atoms. The van der Waals surface area contributed by atoms with E-state index in [0.717, 1.165) is 0 Å². The van der Waals surface area contributed by atoms with Crippen LogP contribution in [0.1, 0.15) is 26.2 Å². The summed E-state index contributed by atoms with van der Waals surface area (Å²) in [7, 11) is 0. The highest BCUT2D eigenvalue weighted by Crippen LogP contribution is 2.09. The van der Waals surface area contributed by atoms with Gasteiger partial charge in [0.1, 0.15) is 0 Å². The van der Waals surface area contributed by atoms with Crippen molar-refractivity contribution in [2.75, 3.05) is 6.54 Å². The fraction of sp³-hybridized carbons (Fsp3) is 0.778. The van der Waals surface area contributed by atoms with Gasteiger partial charge in [-0.25, -0.2) is 0 Å². The molecule has 0 heterocycles. The maximum atomic E-state index is 11.7. The van der Waals surface area contributed by atoms with Crippen LogP contribution in [0, 0.1) is 5.92 Å². The molecule has 0 radical (unpaired) electrons. The molecular formula is C9H15F2NO3. The maximum Gasteiger partial charge on any atom is 0.315 e. The molecule has 0 aliphatic carbocycles. The molecule has 1 unspecified atom stereocenters. The third kappa shape index (κ3) is 7.84. The Morgan fingerprint density at radius 1 is 1.33 bits per heavy atom. The number of rotatable bonds is 7. The number of nitrogens with one attached hydrogen (secondary N) is 1. The Kier molecular flexibility index (Phi) is 6.57. The Morgan fingerprint density at radius 3 is 2.40 bits per heavy atom. The zero-order chi connectivity index (χ0) is 11.8. The minimum atomic E-state index is -2.99. The summed E-state index contributed by atoms with van der Waals surface area (Å²) in [6, 6.07) is 0. The van der Waals surface area contributed by atoms with Gasteiger partial charge in [-0.15, -0.1) is 0 Å². The molecule has 2 N–H and O–H groups in total. The summed E-state index contributed by atoms with van der Waals surface area (Å²) in [6.45, 7) is 1.97. The minimum Gasteiger partial charge on any atom is -0.481 e. The van der Waals surface area contributed by atoms with Gasteiger partial charge >= 0.3 is 12.4 Å². The van der Waals surface area contributed by atoms with Gasteiger partial charge in [-0.1, -0.05) is 6.92 Å². The van der Waals surface area contributed by atoms with E-state index >= 15 is 0 Å². The van der Waals surface area contributed by atoms with E-state index in [1.54, 1.807) is 0 Å². The van der Waals surface area contributed by atoms with E-state index < -0.39 is 18.3 Å². The van der Waals surface area contributed by atoms with Crippen LogP contribution in [0.4, 0.5) is 8.78 Å². The van der Waals surface area contributed by atoms with Crippen molar-refractivity contribution in [3.63, 3.8) is 0 Å². The SMILES string of the molecule is CC(CCNC(=O)C(F)F)CCC(=O)O. The molecule has 0 aliphatic rings. The number of hydrogen-bond acceptors (Lipinski definition) is 2. The average molecular weight is 223 g/mol. The zero-order valence-corrected chi connectivity index (χ0v) is 8.50. The number of carbonyl (C=O) groups is 2. The van der Waals surface area contributed by atoms with Gasteiger partial charge in [-0.05, 0) is 18.8 Å². The minimum absolute atomic E-state index is 0.0595. The van der Waals surface area contributed by atoms with Crippen LogP contribution in [0.25, 0.3) is 0 Å². The Balaban J connectivity index is 3.50. The first-order valence-corrected chi connectivity index (χ1v) is 4.71. The number of carbonyl (C=O) groups excluding carboxylic acids is 1. The fourth-order valence-corrected chi connectivity index (χ4v) is 1.03. The zero-order valence-electron chi connectivity index (χ0n) is 8.50. The smallest absolute Gasteiger partial charge is 0.315 e. The van der Waals surface area contributed by atoms with Crippen LogP contribution in [0.5, 0.6) is 0 Å². The molecule has 0 rings (SSSR count). The van der Waals surface area contributed by atoms with Gasteiger partial charge in [0.15, 0.2) is 0 Å². The number of carboxylic acid groups (broad SMARTS) is 1. The average Bonchev–Trinajstić information content (AvgIpc) is 2.14. The van der Waals surface area contributed by atoms with Crippen molar-refractivity contribution in [1.29, 1.82) is 0 Å². The molecule has 6 heteroatoms. The third-order valence-electron chi connectivity index (χ3n) is 1.99. The van der Waals surface area contributed by atoms with Crippen molar-refractivity contribution < 1.29 is 23.5 Å². The summed E-state index contributed by atoms with van der Waals surface area (Å²) >= 11 is 0. The summed E-state index contributed by atoms with van der Waals surface area (Å²) in [5.41, 5.74) is 0. The highest BCUT2D eigenvalue weighted by molar-refractivity contribution is 5.78. The molecule has 0 bridgehead atoms. The maximum absolute atomic E-state index is 11.7. The molecule has 0 fully saturated rings. The molecule has 4 nitrogen and oxygen atoms in total. The van der Waals surface area contributed by atoms with Crippen LogP contribution in [-0.2, 0) is 9.59 Å². The summed E-state index contributed by atoms with van der Waals surface area (Å²) in [4.78, 5) is 20.6. The lowest BCUT2D eigenvalue weighted by molar-refractivity contribution is -0.137. The quantitative estimate of drug-likeness (QED) is 0.682. The Hall–Kier alpha value is -1.20. The third-order valence-corrected chi connectivity index (χ3v) is 1.99. The van der Waals surface area contributed by atoms with Crippen LogP contribution < -0.4 is 5.32 Å². The van der Waals surface area contributed by atoms with E-state index in [0.29, 0.717) is 12.8 Å². The van der Waals surface area contributed by atoms with Gasteiger partial charge in [-0.3, -0.25) is 9.59 Å². The van der Waals surface area contributed by atoms with Gasteiger partial charge in [-0.2, -0.15) is 8.78 Å². The lowest BCUT2D eigenvalue weighted by Gasteiger charge is -2.10. The summed E-state index contributed by atoms with van der Waals surface area (Å²) in [6.07, 6.45) is -1.94. The molecular weight excluding hydrogens is 208 g/mol. The van der Waals surface area contributed by atoms with E-state index in [9.17, 15) is 18.4 Å². The van der Waals surface area contributed by atoms with E-state index in [1.165, 1.54) is 0 Å². The molecule has 0 aliphatic heterocycles. The Labute approximate surface area is 86.7 Å². The number of halogens is 2. The Bertz CT molecular complexity index is 221. The summed E-state index contributed by atoms with van der Waals surface area (Å²) in [5, 5.41) is 10.4. The predicted octanol–water partition coefficient (Wildman–Crippen LogP) is 1.26. The van der Waals surface area contributed by atoms with Gasteiger partial charge in [0.25, 0.3) is 5.91 Å². The van der Waals surface area contributed by atoms with Crippen molar-refractivity contribution in [1.82, 2.24) is 5.32 Å². The number of carboxylic acids is 1. The largest absolute Gasteiger partial charge is 0.481 e. The van der Waals surface area contributed by atoms with Crippen molar-refractivity contribution in [2.24, 2.45) is 5.92 Å². The lowest BCUT2D eigenvalue weighted by atomic mass is 10.0. The highest BCUT2D eigenvalue weighted by atomic mass is 19.3. The van der Waals surface area contributed by atoms with Gasteiger partial charge in [0, 0.05) is 13.0 Å². The van der Waals surface area contributed by atoms with E-state index in [-0.39, 0.29) is 18.9 Å². The van der Waals surface area contributed by atoms with Crippen LogP contribution in [0.3, 0.4) is 0 Å². The molecule has 1 amide bonds.